The van der Waals surface area contributed by atoms with E-state index in [1.54, 1.807) is 39.0 Å². The van der Waals surface area contributed by atoms with Crippen molar-refractivity contribution in [3.63, 3.8) is 0 Å². The molecule has 2 bridgehead atoms. The topological polar surface area (TPSA) is 172 Å². The Balaban J connectivity index is 1.98. The summed E-state index contributed by atoms with van der Waals surface area (Å²) >= 11 is 0. The Morgan fingerprint density at radius 1 is 0.857 bits per heavy atom. The zero-order chi connectivity index (χ0) is 36.6. The highest BCUT2D eigenvalue weighted by molar-refractivity contribution is 5.87. The van der Waals surface area contributed by atoms with Gasteiger partial charge in [-0.1, -0.05) is 57.7 Å². The number of hydrogen-bond donors (Lipinski definition) is 2. The van der Waals surface area contributed by atoms with Crippen molar-refractivity contribution in [2.24, 2.45) is 22.7 Å². The van der Waals surface area contributed by atoms with Crippen LogP contribution in [0.5, 0.6) is 0 Å². The Kier molecular flexibility index (Phi) is 10.7. The van der Waals surface area contributed by atoms with E-state index in [-0.39, 0.29) is 29.7 Å². The maximum atomic E-state index is 13.1. The number of fused-ring (bicyclic) bond motifs is 3. The quantitative estimate of drug-likeness (QED) is 0.184. The molecule has 0 aliphatic heterocycles. The molecule has 9 atom stereocenters. The molecule has 0 aromatic heterocycles. The van der Waals surface area contributed by atoms with Crippen LogP contribution < -0.4 is 0 Å². The van der Waals surface area contributed by atoms with Crippen molar-refractivity contribution < 1.29 is 57.9 Å². The number of esters is 5. The van der Waals surface area contributed by atoms with Gasteiger partial charge in [-0.3, -0.25) is 19.2 Å². The number of hydrogen-bond acceptors (Lipinski definition) is 12. The average molecular weight is 683 g/mol. The summed E-state index contributed by atoms with van der Waals surface area (Å²) in [5, 5.41) is 25.1. The Hall–Kier alpha value is -4.29. The minimum absolute atomic E-state index is 0.0239. The molecule has 12 nitrogen and oxygen atoms in total. The van der Waals surface area contributed by atoms with Crippen molar-refractivity contribution in [1.29, 1.82) is 0 Å². The van der Waals surface area contributed by atoms with Crippen LogP contribution in [0.3, 0.4) is 0 Å². The van der Waals surface area contributed by atoms with Gasteiger partial charge in [0.2, 0.25) is 0 Å². The largest absolute Gasteiger partial charge is 0.462 e. The van der Waals surface area contributed by atoms with Crippen molar-refractivity contribution in [2.45, 2.75) is 104 Å². The molecule has 3 aliphatic rings. The molecule has 0 unspecified atom stereocenters. The molecule has 12 heteroatoms. The average Bonchev–Trinajstić information content (AvgIpc) is 3.00. The van der Waals surface area contributed by atoms with Gasteiger partial charge in [0.15, 0.2) is 12.2 Å². The minimum Gasteiger partial charge on any atom is -0.462 e. The first-order valence-electron chi connectivity index (χ1n) is 16.2. The lowest BCUT2D eigenvalue weighted by Gasteiger charge is -2.64. The van der Waals surface area contributed by atoms with Crippen molar-refractivity contribution in [1.82, 2.24) is 0 Å². The Morgan fingerprint density at radius 3 is 1.98 bits per heavy atom. The second-order valence-electron chi connectivity index (χ2n) is 13.9. The Morgan fingerprint density at radius 2 is 1.43 bits per heavy atom. The van der Waals surface area contributed by atoms with Crippen molar-refractivity contribution in [3.05, 3.63) is 65.5 Å². The third kappa shape index (κ3) is 6.81. The van der Waals surface area contributed by atoms with Gasteiger partial charge in [0, 0.05) is 74.9 Å². The van der Waals surface area contributed by atoms with E-state index in [1.807, 2.05) is 18.2 Å². The number of aliphatic hydroxyl groups is 2. The number of carbonyl (C=O) groups is 5. The third-order valence-electron chi connectivity index (χ3n) is 10.6. The van der Waals surface area contributed by atoms with E-state index in [2.05, 4.69) is 6.58 Å². The van der Waals surface area contributed by atoms with Crippen molar-refractivity contribution in [3.8, 4) is 0 Å². The van der Waals surface area contributed by atoms with Gasteiger partial charge in [-0.15, -0.1) is 0 Å². The van der Waals surface area contributed by atoms with Crippen LogP contribution in [-0.4, -0.2) is 76.2 Å². The van der Waals surface area contributed by atoms with Gasteiger partial charge in [0.1, 0.15) is 23.6 Å². The van der Waals surface area contributed by atoms with E-state index in [9.17, 15) is 34.2 Å². The molecule has 49 heavy (non-hydrogen) atoms. The second-order valence-corrected chi connectivity index (χ2v) is 13.9. The lowest BCUT2D eigenvalue weighted by atomic mass is 9.45. The van der Waals surface area contributed by atoms with Gasteiger partial charge in [0.25, 0.3) is 0 Å². The summed E-state index contributed by atoms with van der Waals surface area (Å²) in [4.78, 5) is 63.9. The molecule has 266 valence electrons. The molecule has 0 saturated heterocycles. The fraction of sp³-hybridized carbons (Fsp3) is 0.541. The summed E-state index contributed by atoms with van der Waals surface area (Å²) in [7, 11) is 0. The number of aliphatic hydroxyl groups excluding tert-OH is 1. The number of benzene rings is 1. The monoisotopic (exact) mass is 682 g/mol. The van der Waals surface area contributed by atoms with Gasteiger partial charge in [0.05, 0.1) is 6.10 Å². The molecule has 4 rings (SSSR count). The van der Waals surface area contributed by atoms with Gasteiger partial charge < -0.3 is 33.9 Å². The van der Waals surface area contributed by atoms with Gasteiger partial charge in [-0.05, 0) is 24.1 Å². The molecular weight excluding hydrogens is 636 g/mol. The zero-order valence-corrected chi connectivity index (χ0v) is 29.2. The van der Waals surface area contributed by atoms with E-state index < -0.39 is 88.6 Å². The molecule has 2 saturated carbocycles. The summed E-state index contributed by atoms with van der Waals surface area (Å²) in [6.45, 7) is 15.4. The van der Waals surface area contributed by atoms with Crippen molar-refractivity contribution in [2.75, 3.05) is 0 Å². The highest BCUT2D eigenvalue weighted by atomic mass is 16.6. The molecule has 2 fully saturated rings. The first-order valence-corrected chi connectivity index (χ1v) is 16.2. The SMILES string of the molecule is C=C1[C@@H](OC(=O)/C=C/c2ccccc2)C[C@H](O)[C@@]2(C)[C@@H](OC(C)=O)[C@H](OC(C)=O)[C@@]3(O)C(C)=C(OC(C)=O)C[C@@H]([C@@H](OC(C)=O)[C@H]12)C3(C)C. The first kappa shape index (κ1) is 37.5. The van der Waals surface area contributed by atoms with Crippen LogP contribution in [0.25, 0.3) is 6.08 Å². The smallest absolute Gasteiger partial charge is 0.331 e. The predicted octanol–water partition coefficient (Wildman–Crippen LogP) is 3.98. The van der Waals surface area contributed by atoms with E-state index in [1.165, 1.54) is 26.8 Å². The highest BCUT2D eigenvalue weighted by Crippen LogP contribution is 2.63. The van der Waals surface area contributed by atoms with Gasteiger partial charge >= 0.3 is 29.8 Å². The molecule has 0 amide bonds. The molecule has 1 aromatic carbocycles. The standard InChI is InChI=1S/C37H46O12/c1-19-27(49-30(43)16-15-25-13-11-10-12-14-25)18-29(42)36(9)31(19)32(46-22(4)39)26-17-28(45-21(3)38)20(2)37(44,35(26,7)8)34(48-24(6)41)33(36)47-23(5)40/h10-16,26-27,29,31-34,42,44H,1,17-18H2,2-9H3/b16-15+/t26-,27-,29-,31-,32+,33-,34-,36+,37-/m0/s1. The first-order chi connectivity index (χ1) is 22.8. The second kappa shape index (κ2) is 13.9. The maximum absolute atomic E-state index is 13.1. The number of rotatable bonds is 7. The molecule has 2 N–H and O–H groups in total. The van der Waals surface area contributed by atoms with Crippen LogP contribution in [0.15, 0.2) is 59.9 Å². The molecule has 0 heterocycles. The Labute approximate surface area is 286 Å². The van der Waals surface area contributed by atoms with E-state index in [0.717, 1.165) is 19.4 Å². The minimum atomic E-state index is -2.20. The summed E-state index contributed by atoms with van der Waals surface area (Å²) in [6, 6.07) is 9.08. The summed E-state index contributed by atoms with van der Waals surface area (Å²) in [6.07, 6.45) is -4.45. The van der Waals surface area contributed by atoms with Crippen LogP contribution in [0.4, 0.5) is 0 Å². The number of ether oxygens (including phenoxy) is 5. The van der Waals surface area contributed by atoms with E-state index in [4.69, 9.17) is 23.7 Å². The molecule has 0 radical (unpaired) electrons. The van der Waals surface area contributed by atoms with Gasteiger partial charge in [-0.2, -0.15) is 0 Å². The fourth-order valence-electron chi connectivity index (χ4n) is 8.18. The lowest BCUT2D eigenvalue weighted by Crippen LogP contribution is -2.74. The van der Waals surface area contributed by atoms with E-state index in [0.29, 0.717) is 0 Å². The van der Waals surface area contributed by atoms with Crippen LogP contribution in [-0.2, 0) is 47.7 Å². The van der Waals surface area contributed by atoms with Crippen molar-refractivity contribution >= 4 is 35.9 Å². The molecule has 0 spiro atoms. The van der Waals surface area contributed by atoms with Crippen LogP contribution >= 0.6 is 0 Å². The maximum Gasteiger partial charge on any atom is 0.331 e. The molecule has 3 aliphatic carbocycles. The Bertz CT molecular complexity index is 1570. The number of allylic oxidation sites excluding steroid dienone is 1. The van der Waals surface area contributed by atoms with Crippen LogP contribution in [0, 0.1) is 22.7 Å². The molecular formula is C37H46O12. The summed E-state index contributed by atoms with van der Waals surface area (Å²) in [5.74, 6) is -5.71. The normalized spacial score (nSPS) is 33.8. The predicted molar refractivity (Wildman–Crippen MR) is 175 cm³/mol. The van der Waals surface area contributed by atoms with Crippen LogP contribution in [0.2, 0.25) is 0 Å². The fourth-order valence-corrected chi connectivity index (χ4v) is 8.18. The summed E-state index contributed by atoms with van der Waals surface area (Å²) in [5.41, 5.74) is -4.09. The molecule has 1 aromatic rings. The van der Waals surface area contributed by atoms with Gasteiger partial charge in [-0.25, -0.2) is 4.79 Å². The van der Waals surface area contributed by atoms with E-state index >= 15 is 0 Å². The highest BCUT2D eigenvalue weighted by Gasteiger charge is 2.72. The van der Waals surface area contributed by atoms with Crippen LogP contribution in [0.1, 0.15) is 73.8 Å². The lowest BCUT2D eigenvalue weighted by molar-refractivity contribution is -0.276. The summed E-state index contributed by atoms with van der Waals surface area (Å²) < 4.78 is 29.3. The third-order valence-corrected chi connectivity index (χ3v) is 10.6. The number of carbonyl (C=O) groups excluding carboxylic acids is 5. The zero-order valence-electron chi connectivity index (χ0n) is 29.2.